The van der Waals surface area contributed by atoms with Gasteiger partial charge in [0.05, 0.1) is 44.3 Å². The van der Waals surface area contributed by atoms with Gasteiger partial charge < -0.3 is 10.6 Å². The van der Waals surface area contributed by atoms with Gasteiger partial charge in [-0.2, -0.15) is 10.2 Å². The van der Waals surface area contributed by atoms with Crippen LogP contribution in [0.15, 0.2) is 144 Å². The molecular formula is C48H48N10O5S2. The Morgan fingerprint density at radius 1 is 0.615 bits per heavy atom. The minimum absolute atomic E-state index is 0.0467. The summed E-state index contributed by atoms with van der Waals surface area (Å²) in [7, 11) is -7.78. The van der Waals surface area contributed by atoms with Gasteiger partial charge in [-0.1, -0.05) is 77.9 Å². The molecule has 0 unspecified atom stereocenters. The van der Waals surface area contributed by atoms with Crippen LogP contribution in [-0.4, -0.2) is 52.3 Å². The molecule has 8 rings (SSSR count). The van der Waals surface area contributed by atoms with Crippen LogP contribution in [0.2, 0.25) is 0 Å². The number of sulfonamides is 2. The maximum Gasteiger partial charge on any atom is 0.263 e. The number of nitrogens with two attached hydrogens (primary N) is 1. The normalized spacial score (nSPS) is 12.0. The number of aromatic nitrogens is 6. The molecule has 4 N–H and O–H groups in total. The Balaban J connectivity index is 0.000000194. The first-order valence-corrected chi connectivity index (χ1v) is 23.4. The second-order valence-corrected chi connectivity index (χ2v) is 20.6. The Morgan fingerprint density at radius 2 is 1.03 bits per heavy atom. The van der Waals surface area contributed by atoms with Crippen LogP contribution in [0.4, 0.5) is 11.6 Å². The molecule has 15 nitrogen and oxygen atoms in total. The fraction of sp³-hybridized carbons (Fsp3) is 0.208. The lowest BCUT2D eigenvalue weighted by molar-refractivity contribution is -0.117. The fourth-order valence-corrected chi connectivity index (χ4v) is 9.07. The molecule has 0 fully saturated rings. The lowest BCUT2D eigenvalue weighted by atomic mass is 9.87. The Hall–Kier alpha value is -7.42. The first-order valence-electron chi connectivity index (χ1n) is 20.5. The molecule has 4 aromatic carbocycles. The quantitative estimate of drug-likeness (QED) is 0.106. The van der Waals surface area contributed by atoms with Crippen LogP contribution in [0.3, 0.4) is 0 Å². The van der Waals surface area contributed by atoms with Crippen molar-refractivity contribution in [2.45, 2.75) is 75.1 Å². The molecule has 0 saturated carbocycles. The number of hydrogen-bond donors (Lipinski definition) is 3. The van der Waals surface area contributed by atoms with E-state index in [-0.39, 0.29) is 45.2 Å². The highest BCUT2D eigenvalue weighted by Gasteiger charge is 2.24. The van der Waals surface area contributed by atoms with E-state index in [1.54, 1.807) is 67.0 Å². The van der Waals surface area contributed by atoms with E-state index in [1.807, 2.05) is 60.7 Å². The van der Waals surface area contributed by atoms with Gasteiger partial charge in [0.15, 0.2) is 0 Å². The van der Waals surface area contributed by atoms with Gasteiger partial charge >= 0.3 is 0 Å². The number of nitrogens with one attached hydrogen (secondary N) is 2. The third-order valence-electron chi connectivity index (χ3n) is 10.4. The molecule has 0 aliphatic heterocycles. The lowest BCUT2D eigenvalue weighted by Crippen LogP contribution is -2.17. The molecule has 0 saturated heterocycles. The number of benzene rings is 4. The summed E-state index contributed by atoms with van der Waals surface area (Å²) in [5, 5.41) is 10.6. The maximum atomic E-state index is 13.2. The molecule has 17 heteroatoms. The van der Waals surface area contributed by atoms with Crippen LogP contribution in [0.25, 0.3) is 38.0 Å². The van der Waals surface area contributed by atoms with Gasteiger partial charge in [-0.05, 0) is 94.8 Å². The molecule has 4 heterocycles. The highest BCUT2D eigenvalue weighted by Crippen LogP contribution is 2.30. The smallest absolute Gasteiger partial charge is 0.263 e. The number of pyridine rings is 2. The second-order valence-electron chi connectivity index (χ2n) is 17.3. The van der Waals surface area contributed by atoms with Crippen molar-refractivity contribution >= 4 is 59.4 Å². The van der Waals surface area contributed by atoms with E-state index in [0.717, 1.165) is 32.9 Å². The molecule has 4 aromatic heterocycles. The van der Waals surface area contributed by atoms with Crippen molar-refractivity contribution < 1.29 is 21.6 Å². The monoisotopic (exact) mass is 908 g/mol. The van der Waals surface area contributed by atoms with Gasteiger partial charge in [-0.3, -0.25) is 24.2 Å². The van der Waals surface area contributed by atoms with E-state index in [2.05, 4.69) is 76.0 Å². The van der Waals surface area contributed by atoms with Crippen LogP contribution >= 0.6 is 0 Å². The number of amides is 1. The van der Waals surface area contributed by atoms with Crippen molar-refractivity contribution in [2.24, 2.45) is 5.73 Å². The summed E-state index contributed by atoms with van der Waals surface area (Å²) in [5.74, 6) is -0.103. The Kier molecular flexibility index (Phi) is 12.6. The molecule has 332 valence electrons. The van der Waals surface area contributed by atoms with Crippen molar-refractivity contribution in [2.75, 3.05) is 9.44 Å². The van der Waals surface area contributed by atoms with Gasteiger partial charge in [0.2, 0.25) is 5.91 Å². The number of rotatable bonds is 11. The SMILES string of the molecule is CC(C)(C)c1ccc(S(=O)(=O)Nc2cc(CC(N)=O)nn2-c2cccc3ncccc23)cc1.[C-]#[N+]Cc1cc(NS(=O)(=O)c2ccc(C(C)(C)C)cc2)n(-c2cccc3ncccc23)n1. The zero-order valence-corrected chi connectivity index (χ0v) is 38.3. The average Bonchev–Trinajstić information content (AvgIpc) is 3.84. The van der Waals surface area contributed by atoms with E-state index >= 15 is 0 Å². The molecule has 0 spiro atoms. The Labute approximate surface area is 378 Å². The average molecular weight is 909 g/mol. The van der Waals surface area contributed by atoms with Gasteiger partial charge in [0.1, 0.15) is 17.3 Å². The molecule has 0 atom stereocenters. The molecule has 1 amide bonds. The number of fused-ring (bicyclic) bond motifs is 2. The summed E-state index contributed by atoms with van der Waals surface area (Å²) in [4.78, 5) is 23.9. The zero-order chi connectivity index (χ0) is 46.7. The predicted octanol–water partition coefficient (Wildman–Crippen LogP) is 8.48. The van der Waals surface area contributed by atoms with Crippen LogP contribution in [-0.2, 0) is 48.6 Å². The minimum atomic E-state index is -3.92. The predicted molar refractivity (Wildman–Crippen MR) is 253 cm³/mol. The minimum Gasteiger partial charge on any atom is -0.369 e. The zero-order valence-electron chi connectivity index (χ0n) is 36.7. The van der Waals surface area contributed by atoms with Crippen LogP contribution in [0.5, 0.6) is 0 Å². The largest absolute Gasteiger partial charge is 0.369 e. The van der Waals surface area contributed by atoms with Crippen molar-refractivity contribution in [1.29, 1.82) is 0 Å². The molecule has 8 aromatic rings. The van der Waals surface area contributed by atoms with Crippen LogP contribution < -0.4 is 15.2 Å². The topological polar surface area (TPSA) is 201 Å². The highest BCUT2D eigenvalue weighted by molar-refractivity contribution is 7.93. The number of carbonyl (C=O) groups is 1. The number of primary amides is 1. The fourth-order valence-electron chi connectivity index (χ4n) is 7.00. The standard InChI is InChI=1S/C24H25N5O3S.C24H23N5O2S/c1-24(2,3)16-9-11-18(12-10-16)33(31,32)28-23-15-17(14-22(25)30)27-29(23)21-8-4-7-20-19(21)6-5-13-26-20;1-24(2,3)17-10-12-19(13-11-17)32(30,31)28-23-15-18(16-25-4)27-29(23)22-9-5-8-21-20(22)7-6-14-26-21/h4-13,15,28H,14H2,1-3H3,(H2,25,30);5-15,28H,16H2,1-3H3. The first kappa shape index (κ1) is 45.6. The van der Waals surface area contributed by atoms with E-state index in [0.29, 0.717) is 22.8 Å². The van der Waals surface area contributed by atoms with Crippen LogP contribution in [0.1, 0.15) is 64.1 Å². The molecule has 0 radical (unpaired) electrons. The van der Waals surface area contributed by atoms with E-state index in [9.17, 15) is 21.6 Å². The second kappa shape index (κ2) is 18.0. The number of nitrogens with zero attached hydrogens (tertiary/aromatic N) is 7. The van der Waals surface area contributed by atoms with Crippen molar-refractivity contribution in [3.63, 3.8) is 0 Å². The summed E-state index contributed by atoms with van der Waals surface area (Å²) in [6.07, 6.45) is 3.26. The summed E-state index contributed by atoms with van der Waals surface area (Å²) in [5.41, 5.74) is 10.9. The van der Waals surface area contributed by atoms with Gasteiger partial charge in [-0.25, -0.2) is 32.8 Å². The molecule has 65 heavy (non-hydrogen) atoms. The summed E-state index contributed by atoms with van der Waals surface area (Å²) in [6, 6.07) is 35.1. The summed E-state index contributed by atoms with van der Waals surface area (Å²) < 4.78 is 60.9. The third kappa shape index (κ3) is 10.4. The molecule has 0 bridgehead atoms. The molecular weight excluding hydrogens is 861 g/mol. The lowest BCUT2D eigenvalue weighted by Gasteiger charge is -2.19. The number of anilines is 2. The van der Waals surface area contributed by atoms with Gasteiger partial charge in [-0.15, -0.1) is 0 Å². The Bertz CT molecular complexity index is 3300. The van der Waals surface area contributed by atoms with Crippen molar-refractivity contribution in [3.8, 4) is 11.4 Å². The number of hydrogen-bond acceptors (Lipinski definition) is 9. The highest BCUT2D eigenvalue weighted by atomic mass is 32.2. The van der Waals surface area contributed by atoms with Crippen LogP contribution in [0, 0.1) is 6.57 Å². The third-order valence-corrected chi connectivity index (χ3v) is 13.1. The van der Waals surface area contributed by atoms with E-state index in [1.165, 1.54) is 15.4 Å². The van der Waals surface area contributed by atoms with E-state index < -0.39 is 26.0 Å². The van der Waals surface area contributed by atoms with Crippen molar-refractivity contribution in [1.82, 2.24) is 29.5 Å². The molecule has 0 aliphatic carbocycles. The number of carbonyl (C=O) groups excluding carboxylic acids is 1. The summed E-state index contributed by atoms with van der Waals surface area (Å²) >= 11 is 0. The van der Waals surface area contributed by atoms with Crippen molar-refractivity contribution in [3.05, 3.63) is 168 Å². The summed E-state index contributed by atoms with van der Waals surface area (Å²) in [6.45, 7) is 19.6. The van der Waals surface area contributed by atoms with E-state index in [4.69, 9.17) is 12.3 Å². The molecule has 0 aliphatic rings. The van der Waals surface area contributed by atoms with Gasteiger partial charge in [0.25, 0.3) is 26.6 Å². The first-order chi connectivity index (χ1) is 30.7. The van der Waals surface area contributed by atoms with Gasteiger partial charge in [0, 0.05) is 35.3 Å². The maximum absolute atomic E-state index is 13.2. The Morgan fingerprint density at radius 3 is 1.43 bits per heavy atom.